The molecule has 3 rings (SSSR count). The third kappa shape index (κ3) is 4.13. The van der Waals surface area contributed by atoms with E-state index >= 15 is 0 Å². The molecule has 3 aromatic rings. The number of thiazole rings is 1. The molecule has 0 fully saturated rings. The second kappa shape index (κ2) is 7.95. The fraction of sp³-hybridized carbons (Fsp3) is 0.211. The fourth-order valence-electron chi connectivity index (χ4n) is 2.42. The van der Waals surface area contributed by atoms with E-state index in [1.54, 1.807) is 11.3 Å². The number of rotatable bonds is 7. The normalized spacial score (nSPS) is 10.6. The number of hydrogen-bond acceptors (Lipinski definition) is 5. The highest BCUT2D eigenvalue weighted by molar-refractivity contribution is 7.15. The molecule has 0 saturated heterocycles. The molecule has 0 aliphatic rings. The van der Waals surface area contributed by atoms with Gasteiger partial charge in [0.2, 0.25) is 0 Å². The minimum atomic E-state index is 0.157. The summed E-state index contributed by atoms with van der Waals surface area (Å²) in [5, 5.41) is 13.5. The van der Waals surface area contributed by atoms with Crippen LogP contribution < -0.4 is 10.2 Å². The quantitative estimate of drug-likeness (QED) is 0.686. The van der Waals surface area contributed by atoms with Crippen LogP contribution in [0, 0.1) is 0 Å². The van der Waals surface area contributed by atoms with E-state index in [1.807, 2.05) is 36.3 Å². The number of hydrogen-bond donors (Lipinski definition) is 2. The lowest BCUT2D eigenvalue weighted by Crippen LogP contribution is -2.20. The number of nitrogens with one attached hydrogen (secondary N) is 1. The third-order valence-corrected chi connectivity index (χ3v) is 4.85. The number of likely N-dealkylation sites (N-methyl/N-ethyl adjacent to an activating group) is 1. The number of aromatic nitrogens is 1. The molecule has 0 aliphatic heterocycles. The highest BCUT2D eigenvalue weighted by Crippen LogP contribution is 2.26. The van der Waals surface area contributed by atoms with E-state index in [1.165, 1.54) is 10.4 Å². The Bertz CT molecular complexity index is 756. The number of aliphatic hydroxyl groups is 1. The molecule has 124 valence electrons. The molecule has 0 aliphatic carbocycles. The van der Waals surface area contributed by atoms with E-state index in [0.717, 1.165) is 16.4 Å². The first kappa shape index (κ1) is 16.5. The van der Waals surface area contributed by atoms with Gasteiger partial charge in [-0.15, -0.1) is 11.3 Å². The summed E-state index contributed by atoms with van der Waals surface area (Å²) in [6.45, 7) is 1.50. The van der Waals surface area contributed by atoms with Crippen LogP contribution in [0.1, 0.15) is 5.01 Å². The average Bonchev–Trinajstić information content (AvgIpc) is 3.10. The van der Waals surface area contributed by atoms with Gasteiger partial charge in [0.25, 0.3) is 0 Å². The van der Waals surface area contributed by atoms with Gasteiger partial charge >= 0.3 is 0 Å². The van der Waals surface area contributed by atoms with E-state index in [-0.39, 0.29) is 6.61 Å². The molecule has 0 atom stereocenters. The van der Waals surface area contributed by atoms with Gasteiger partial charge in [-0.05, 0) is 29.8 Å². The summed E-state index contributed by atoms with van der Waals surface area (Å²) < 4.78 is 0. The first-order valence-corrected chi connectivity index (χ1v) is 8.74. The maximum absolute atomic E-state index is 8.99. The minimum Gasteiger partial charge on any atom is -0.395 e. The van der Waals surface area contributed by atoms with E-state index in [0.29, 0.717) is 13.1 Å². The zero-order chi connectivity index (χ0) is 16.8. The summed E-state index contributed by atoms with van der Waals surface area (Å²) in [5.74, 6) is 0. The van der Waals surface area contributed by atoms with Crippen molar-refractivity contribution in [2.45, 2.75) is 6.54 Å². The van der Waals surface area contributed by atoms with Gasteiger partial charge in [-0.1, -0.05) is 30.3 Å². The van der Waals surface area contributed by atoms with Gasteiger partial charge in [-0.2, -0.15) is 0 Å². The Kier molecular flexibility index (Phi) is 5.46. The largest absolute Gasteiger partial charge is 0.395 e. The van der Waals surface area contributed by atoms with E-state index in [4.69, 9.17) is 5.11 Å². The summed E-state index contributed by atoms with van der Waals surface area (Å²) in [5.41, 5.74) is 3.36. The van der Waals surface area contributed by atoms with Crippen LogP contribution in [0.3, 0.4) is 0 Å². The van der Waals surface area contributed by atoms with Gasteiger partial charge in [0.15, 0.2) is 0 Å². The van der Waals surface area contributed by atoms with Crippen LogP contribution in [0.25, 0.3) is 10.4 Å². The summed E-state index contributed by atoms with van der Waals surface area (Å²) in [4.78, 5) is 7.71. The van der Waals surface area contributed by atoms with Gasteiger partial charge in [0, 0.05) is 31.2 Å². The summed E-state index contributed by atoms with van der Waals surface area (Å²) in [7, 11) is 1.97. The molecule has 0 saturated carbocycles. The second-order valence-electron chi connectivity index (χ2n) is 5.53. The molecule has 0 unspecified atom stereocenters. The van der Waals surface area contributed by atoms with Crippen LogP contribution in [0.15, 0.2) is 60.8 Å². The molecule has 0 bridgehead atoms. The predicted octanol–water partition coefficient (Wildman–Crippen LogP) is 3.85. The monoisotopic (exact) mass is 339 g/mol. The van der Waals surface area contributed by atoms with Crippen molar-refractivity contribution in [1.82, 2.24) is 4.98 Å². The van der Waals surface area contributed by atoms with Crippen LogP contribution in [0.4, 0.5) is 11.4 Å². The topological polar surface area (TPSA) is 48.4 Å². The van der Waals surface area contributed by atoms with E-state index in [2.05, 4.69) is 46.7 Å². The Morgan fingerprint density at radius 3 is 2.54 bits per heavy atom. The molecule has 1 heterocycles. The molecule has 5 heteroatoms. The first-order valence-electron chi connectivity index (χ1n) is 7.92. The molecule has 1 aromatic heterocycles. The van der Waals surface area contributed by atoms with Gasteiger partial charge in [-0.25, -0.2) is 4.98 Å². The maximum atomic E-state index is 8.99. The van der Waals surface area contributed by atoms with Crippen molar-refractivity contribution < 1.29 is 5.11 Å². The Morgan fingerprint density at radius 1 is 1.08 bits per heavy atom. The lowest BCUT2D eigenvalue weighted by Gasteiger charge is -2.18. The average molecular weight is 339 g/mol. The van der Waals surface area contributed by atoms with Gasteiger partial charge < -0.3 is 15.3 Å². The second-order valence-corrected chi connectivity index (χ2v) is 6.65. The molecule has 2 N–H and O–H groups in total. The maximum Gasteiger partial charge on any atom is 0.112 e. The Hall–Kier alpha value is -2.37. The SMILES string of the molecule is CN(CCO)c1ccc(NCc2ncc(-c3ccccc3)s2)cc1. The zero-order valence-electron chi connectivity index (χ0n) is 13.6. The molecule has 24 heavy (non-hydrogen) atoms. The fourth-order valence-corrected chi connectivity index (χ4v) is 3.28. The van der Waals surface area contributed by atoms with Crippen LogP contribution in [-0.4, -0.2) is 30.3 Å². The predicted molar refractivity (Wildman–Crippen MR) is 102 cm³/mol. The van der Waals surface area contributed by atoms with Crippen LogP contribution in [0.2, 0.25) is 0 Å². The van der Waals surface area contributed by atoms with Gasteiger partial charge in [0.1, 0.15) is 5.01 Å². The number of anilines is 2. The van der Waals surface area contributed by atoms with Crippen molar-refractivity contribution in [1.29, 1.82) is 0 Å². The lowest BCUT2D eigenvalue weighted by atomic mass is 10.2. The van der Waals surface area contributed by atoms with Crippen LogP contribution in [-0.2, 0) is 6.54 Å². The van der Waals surface area contributed by atoms with Crippen LogP contribution >= 0.6 is 11.3 Å². The standard InChI is InChI=1S/C19H21N3OS/c1-22(11-12-23)17-9-7-16(8-10-17)20-14-19-21-13-18(24-19)15-5-3-2-4-6-15/h2-10,13,20,23H,11-12,14H2,1H3. The van der Waals surface area contributed by atoms with Gasteiger partial charge in [0.05, 0.1) is 18.0 Å². The Balaban J connectivity index is 1.59. The molecular formula is C19H21N3OS. The molecular weight excluding hydrogens is 318 g/mol. The van der Waals surface area contributed by atoms with Crippen molar-refractivity contribution in [2.75, 3.05) is 30.4 Å². The number of benzene rings is 2. The molecule has 0 amide bonds. The summed E-state index contributed by atoms with van der Waals surface area (Å²) in [6, 6.07) is 18.5. The summed E-state index contributed by atoms with van der Waals surface area (Å²) in [6.07, 6.45) is 1.93. The molecule has 2 aromatic carbocycles. The Labute approximate surface area is 146 Å². The lowest BCUT2D eigenvalue weighted by molar-refractivity contribution is 0.304. The smallest absolute Gasteiger partial charge is 0.112 e. The zero-order valence-corrected chi connectivity index (χ0v) is 14.5. The van der Waals surface area contributed by atoms with Gasteiger partial charge in [-0.3, -0.25) is 0 Å². The van der Waals surface area contributed by atoms with Crippen LogP contribution in [0.5, 0.6) is 0 Å². The number of nitrogens with zero attached hydrogens (tertiary/aromatic N) is 2. The van der Waals surface area contributed by atoms with Crippen molar-refractivity contribution in [3.05, 3.63) is 65.8 Å². The number of aliphatic hydroxyl groups excluding tert-OH is 1. The van der Waals surface area contributed by atoms with Crippen molar-refractivity contribution >= 4 is 22.7 Å². The highest BCUT2D eigenvalue weighted by atomic mass is 32.1. The molecule has 0 spiro atoms. The highest BCUT2D eigenvalue weighted by Gasteiger charge is 2.04. The summed E-state index contributed by atoms with van der Waals surface area (Å²) >= 11 is 1.71. The molecule has 0 radical (unpaired) electrons. The Morgan fingerprint density at radius 2 is 1.83 bits per heavy atom. The van der Waals surface area contributed by atoms with Crippen molar-refractivity contribution in [2.24, 2.45) is 0 Å². The van der Waals surface area contributed by atoms with Crippen molar-refractivity contribution in [3.8, 4) is 10.4 Å². The minimum absolute atomic E-state index is 0.157. The third-order valence-electron chi connectivity index (χ3n) is 3.80. The van der Waals surface area contributed by atoms with E-state index < -0.39 is 0 Å². The first-order chi connectivity index (χ1) is 11.8. The van der Waals surface area contributed by atoms with E-state index in [9.17, 15) is 0 Å². The molecule has 4 nitrogen and oxygen atoms in total. The van der Waals surface area contributed by atoms with Crippen molar-refractivity contribution in [3.63, 3.8) is 0 Å².